The van der Waals surface area contributed by atoms with Crippen LogP contribution in [-0.2, 0) is 51.4 Å². The minimum absolute atomic E-state index is 0.505. The van der Waals surface area contributed by atoms with Crippen molar-refractivity contribution in [2.75, 3.05) is 26.9 Å². The van der Waals surface area contributed by atoms with Crippen molar-refractivity contribution in [1.82, 2.24) is 9.55 Å². The molecule has 3 fully saturated rings. The number of aromatic amines is 1. The van der Waals surface area contributed by atoms with Gasteiger partial charge in [-0.3, -0.25) is 28.5 Å². The normalized spacial score (nSPS) is 29.4. The molecule has 0 bridgehead atoms. The van der Waals surface area contributed by atoms with Crippen molar-refractivity contribution in [2.24, 2.45) is 0 Å². The summed E-state index contributed by atoms with van der Waals surface area (Å²) in [5.74, 6) is -2.59. The van der Waals surface area contributed by atoms with Crippen molar-refractivity contribution in [3.8, 4) is 0 Å². The van der Waals surface area contributed by atoms with Gasteiger partial charge in [0.15, 0.2) is 17.6 Å². The SMILES string of the molecule is CC(=O)OCOP(=O)(OCOC(C)=O)OC[C@@]1(CF)O[C@@H](n2ccc(=O)[nH]c2=O)[C@]2(C)OC3(CCCC3)O[C@H]12. The average Bonchev–Trinajstić information content (AvgIpc) is 3.49. The van der Waals surface area contributed by atoms with Crippen LogP contribution in [0.1, 0.15) is 52.7 Å². The number of esters is 2. The molecule has 3 heterocycles. The summed E-state index contributed by atoms with van der Waals surface area (Å²) in [6.07, 6.45) is 1.28. The smallest absolute Gasteiger partial charge is 0.438 e. The minimum Gasteiger partial charge on any atom is -0.438 e. The first-order chi connectivity index (χ1) is 18.4. The zero-order chi connectivity index (χ0) is 28.5. The largest absolute Gasteiger partial charge is 0.480 e. The van der Waals surface area contributed by atoms with Crippen LogP contribution in [0.5, 0.6) is 0 Å². The summed E-state index contributed by atoms with van der Waals surface area (Å²) in [5.41, 5.74) is -4.95. The van der Waals surface area contributed by atoms with Gasteiger partial charge in [0.2, 0.25) is 13.6 Å². The number of hydrogen-bond donors (Lipinski definition) is 1. The predicted molar refractivity (Wildman–Crippen MR) is 125 cm³/mol. The fraction of sp³-hybridized carbons (Fsp3) is 0.727. The predicted octanol–water partition coefficient (Wildman–Crippen LogP) is 1.42. The zero-order valence-electron chi connectivity index (χ0n) is 21.5. The first kappa shape index (κ1) is 29.5. The van der Waals surface area contributed by atoms with Crippen molar-refractivity contribution in [1.29, 1.82) is 0 Å². The fourth-order valence-corrected chi connectivity index (χ4v) is 5.96. The molecule has 15 nitrogen and oxygen atoms in total. The third kappa shape index (κ3) is 6.01. The molecule has 3 aliphatic rings. The van der Waals surface area contributed by atoms with Gasteiger partial charge >= 0.3 is 25.5 Å². The van der Waals surface area contributed by atoms with Gasteiger partial charge in [-0.05, 0) is 19.8 Å². The standard InChI is InChI=1S/C22H30FN2O13P/c1-14(26)31-12-34-39(30,35-13-32-15(2)27)33-11-21(10-23)17-20(3,38-22(36-17)7-4-5-8-22)18(37-21)25-9-6-16(28)24-19(25)29/h6,9,17-18H,4-5,7-8,10-13H2,1-3H3,(H,24,28,29)/t17-,18+,20+,21+/m0/s1. The first-order valence-corrected chi connectivity index (χ1v) is 13.6. The quantitative estimate of drug-likeness (QED) is 0.226. The van der Waals surface area contributed by atoms with Crippen LogP contribution in [-0.4, -0.2) is 71.5 Å². The van der Waals surface area contributed by atoms with Gasteiger partial charge in [-0.1, -0.05) is 0 Å². The van der Waals surface area contributed by atoms with E-state index in [0.717, 1.165) is 37.3 Å². The monoisotopic (exact) mass is 580 g/mol. The first-order valence-electron chi connectivity index (χ1n) is 12.1. The van der Waals surface area contributed by atoms with E-state index in [1.807, 2.05) is 0 Å². The Morgan fingerprint density at radius 1 is 1.10 bits per heavy atom. The fourth-order valence-electron chi connectivity index (χ4n) is 5.00. The molecule has 1 N–H and O–H groups in total. The van der Waals surface area contributed by atoms with E-state index in [-0.39, 0.29) is 0 Å². The highest BCUT2D eigenvalue weighted by Gasteiger charge is 2.72. The topological polar surface area (TPSA) is 180 Å². The molecule has 0 aromatic carbocycles. The van der Waals surface area contributed by atoms with E-state index < -0.39 is 87.2 Å². The molecule has 0 radical (unpaired) electrons. The minimum atomic E-state index is -4.65. The number of ether oxygens (including phenoxy) is 5. The molecule has 1 aromatic heterocycles. The number of nitrogens with zero attached hydrogens (tertiary/aromatic N) is 1. The lowest BCUT2D eigenvalue weighted by Gasteiger charge is -2.34. The van der Waals surface area contributed by atoms with Gasteiger partial charge in [0.25, 0.3) is 5.56 Å². The van der Waals surface area contributed by atoms with Gasteiger partial charge in [-0.15, -0.1) is 0 Å². The molecule has 1 spiro atoms. The Morgan fingerprint density at radius 3 is 2.26 bits per heavy atom. The molecule has 2 saturated heterocycles. The maximum Gasteiger partial charge on any atom is 0.480 e. The lowest BCUT2D eigenvalue weighted by Crippen LogP contribution is -2.51. The molecule has 4 rings (SSSR count). The lowest BCUT2D eigenvalue weighted by molar-refractivity contribution is -0.253. The van der Waals surface area contributed by atoms with E-state index in [1.54, 1.807) is 6.92 Å². The molecule has 218 valence electrons. The number of aromatic nitrogens is 2. The Kier molecular flexibility index (Phi) is 8.47. The zero-order valence-corrected chi connectivity index (χ0v) is 22.4. The molecule has 1 saturated carbocycles. The van der Waals surface area contributed by atoms with Crippen molar-refractivity contribution in [3.63, 3.8) is 0 Å². The summed E-state index contributed by atoms with van der Waals surface area (Å²) < 4.78 is 72.6. The van der Waals surface area contributed by atoms with Crippen molar-refractivity contribution in [3.05, 3.63) is 33.1 Å². The third-order valence-electron chi connectivity index (χ3n) is 6.68. The van der Waals surface area contributed by atoms with Crippen LogP contribution in [0, 0.1) is 0 Å². The number of carbonyl (C=O) groups excluding carboxylic acids is 2. The van der Waals surface area contributed by atoms with E-state index in [1.165, 1.54) is 6.20 Å². The summed E-state index contributed by atoms with van der Waals surface area (Å²) >= 11 is 0. The van der Waals surface area contributed by atoms with E-state index >= 15 is 0 Å². The number of halogens is 1. The highest BCUT2D eigenvalue weighted by atomic mass is 31.2. The molecule has 1 aromatic rings. The Balaban J connectivity index is 1.65. The highest BCUT2D eigenvalue weighted by Crippen LogP contribution is 2.60. The maximum atomic E-state index is 15.0. The summed E-state index contributed by atoms with van der Waals surface area (Å²) in [6.45, 7) is -0.0295. The van der Waals surface area contributed by atoms with Crippen molar-refractivity contribution in [2.45, 2.75) is 75.8 Å². The third-order valence-corrected chi connectivity index (χ3v) is 7.97. The summed E-state index contributed by atoms with van der Waals surface area (Å²) in [4.78, 5) is 48.7. The molecule has 4 atom stereocenters. The number of carbonyl (C=O) groups is 2. The van der Waals surface area contributed by atoms with Crippen molar-refractivity contribution >= 4 is 19.8 Å². The Morgan fingerprint density at radius 2 is 1.72 bits per heavy atom. The highest BCUT2D eigenvalue weighted by molar-refractivity contribution is 7.48. The lowest BCUT2D eigenvalue weighted by atomic mass is 9.88. The molecular formula is C22H30FN2O13P. The molecule has 39 heavy (non-hydrogen) atoms. The van der Waals surface area contributed by atoms with Gasteiger partial charge in [0, 0.05) is 39.0 Å². The van der Waals surface area contributed by atoms with Gasteiger partial charge in [-0.25, -0.2) is 22.8 Å². The van der Waals surface area contributed by atoms with Crippen LogP contribution >= 0.6 is 7.82 Å². The summed E-state index contributed by atoms with van der Waals surface area (Å²) in [7, 11) is -4.65. The molecule has 0 amide bonds. The van der Waals surface area contributed by atoms with Crippen LogP contribution in [0.2, 0.25) is 0 Å². The Bertz CT molecular complexity index is 1220. The second kappa shape index (κ2) is 11.2. The van der Waals surface area contributed by atoms with Crippen LogP contribution in [0.15, 0.2) is 21.9 Å². The van der Waals surface area contributed by atoms with E-state index in [4.69, 9.17) is 27.8 Å². The van der Waals surface area contributed by atoms with Gasteiger partial charge < -0.3 is 23.7 Å². The maximum absolute atomic E-state index is 15.0. The molecule has 17 heteroatoms. The van der Waals surface area contributed by atoms with Gasteiger partial charge in [-0.2, -0.15) is 0 Å². The second-order valence-electron chi connectivity index (χ2n) is 9.57. The van der Waals surface area contributed by atoms with E-state index in [2.05, 4.69) is 14.5 Å². The van der Waals surface area contributed by atoms with E-state index in [9.17, 15) is 28.1 Å². The van der Waals surface area contributed by atoms with Gasteiger partial charge in [0.05, 0.1) is 6.61 Å². The number of nitrogens with one attached hydrogen (secondary N) is 1. The van der Waals surface area contributed by atoms with Crippen molar-refractivity contribution < 1.29 is 55.8 Å². The van der Waals surface area contributed by atoms with Crippen LogP contribution < -0.4 is 11.2 Å². The molecule has 2 aliphatic heterocycles. The Hall–Kier alpha value is -2.46. The number of hydrogen-bond acceptors (Lipinski definition) is 13. The number of rotatable bonds is 11. The number of alkyl halides is 1. The molecule has 1 aliphatic carbocycles. The van der Waals surface area contributed by atoms with Crippen LogP contribution in [0.25, 0.3) is 0 Å². The van der Waals surface area contributed by atoms with Crippen LogP contribution in [0.3, 0.4) is 0 Å². The number of phosphoric acid groups is 1. The summed E-state index contributed by atoms with van der Waals surface area (Å²) in [5, 5.41) is 0. The molecule has 0 unspecified atom stereocenters. The molecular weight excluding hydrogens is 550 g/mol. The number of H-pyrrole nitrogens is 1. The summed E-state index contributed by atoms with van der Waals surface area (Å²) in [6, 6.07) is 1.09. The number of phosphoric ester groups is 1. The number of fused-ring (bicyclic) bond motifs is 1. The Labute approximate surface area is 221 Å². The van der Waals surface area contributed by atoms with Crippen LogP contribution in [0.4, 0.5) is 4.39 Å². The second-order valence-corrected chi connectivity index (χ2v) is 11.2. The average molecular weight is 580 g/mol. The van der Waals surface area contributed by atoms with Gasteiger partial charge in [0.1, 0.15) is 18.4 Å². The van der Waals surface area contributed by atoms with E-state index in [0.29, 0.717) is 12.8 Å².